The van der Waals surface area contributed by atoms with Gasteiger partial charge in [-0.1, -0.05) is 6.92 Å². The smallest absolute Gasteiger partial charge is 0.341 e. The van der Waals surface area contributed by atoms with Crippen molar-refractivity contribution in [2.24, 2.45) is 0 Å². The van der Waals surface area contributed by atoms with Gasteiger partial charge in [-0.25, -0.2) is 14.5 Å². The fourth-order valence-electron chi connectivity index (χ4n) is 4.30. The molecule has 3 aromatic rings. The standard InChI is InChI=1S/C24H29N5O4S/c1-6-16-12-19(30)28(24(25-16)29-14(4)11-13(3)27-29)15(5)21(31)26-22-20(23(32)33-7-2)17-9-8-10-18(17)34-22/h11-12,15H,6-10H2,1-5H3,(H,26,31). The molecule has 1 N–H and O–H groups in total. The summed E-state index contributed by atoms with van der Waals surface area (Å²) in [5.41, 5.74) is 3.26. The number of hydrogen-bond donors (Lipinski definition) is 1. The molecule has 0 spiro atoms. The van der Waals surface area contributed by atoms with Crippen molar-refractivity contribution in [2.75, 3.05) is 11.9 Å². The highest BCUT2D eigenvalue weighted by Gasteiger charge is 2.30. The van der Waals surface area contributed by atoms with Crippen molar-refractivity contribution in [2.45, 2.75) is 66.3 Å². The lowest BCUT2D eigenvalue weighted by molar-refractivity contribution is -0.118. The maximum atomic E-state index is 13.4. The Hall–Kier alpha value is -3.27. The third-order valence-electron chi connectivity index (χ3n) is 5.95. The summed E-state index contributed by atoms with van der Waals surface area (Å²) in [5, 5.41) is 7.84. The molecule has 4 rings (SSSR count). The van der Waals surface area contributed by atoms with E-state index in [9.17, 15) is 14.4 Å². The number of fused-ring (bicyclic) bond motifs is 1. The minimum atomic E-state index is -0.892. The Balaban J connectivity index is 1.73. The number of carbonyl (C=O) groups is 2. The van der Waals surface area contributed by atoms with Gasteiger partial charge in [-0.15, -0.1) is 11.3 Å². The zero-order chi connectivity index (χ0) is 24.6. The molecule has 0 radical (unpaired) electrons. The lowest BCUT2D eigenvalue weighted by Gasteiger charge is -2.20. The number of aromatic nitrogens is 4. The summed E-state index contributed by atoms with van der Waals surface area (Å²) in [4.78, 5) is 44.9. The van der Waals surface area contributed by atoms with Crippen molar-refractivity contribution >= 4 is 28.2 Å². The Labute approximate surface area is 201 Å². The van der Waals surface area contributed by atoms with Crippen molar-refractivity contribution < 1.29 is 14.3 Å². The molecule has 10 heteroatoms. The van der Waals surface area contributed by atoms with E-state index >= 15 is 0 Å². The summed E-state index contributed by atoms with van der Waals surface area (Å²) in [6.45, 7) is 9.30. The quantitative estimate of drug-likeness (QED) is 0.515. The topological polar surface area (TPSA) is 108 Å². The Kier molecular flexibility index (Phi) is 6.70. The number of anilines is 1. The maximum Gasteiger partial charge on any atom is 0.341 e. The SMILES string of the molecule is CCOC(=O)c1c(NC(=O)C(C)n2c(-n3nc(C)cc3C)nc(CC)cc2=O)sc2c1CCC2. The Bertz CT molecular complexity index is 1320. The maximum absolute atomic E-state index is 13.4. The van der Waals surface area contributed by atoms with Gasteiger partial charge < -0.3 is 10.1 Å². The van der Waals surface area contributed by atoms with Gasteiger partial charge in [-0.3, -0.25) is 14.2 Å². The van der Waals surface area contributed by atoms with Crippen LogP contribution in [0.5, 0.6) is 0 Å². The van der Waals surface area contributed by atoms with Crippen LogP contribution in [0.15, 0.2) is 16.9 Å². The number of nitrogens with zero attached hydrogens (tertiary/aromatic N) is 4. The van der Waals surface area contributed by atoms with Crippen LogP contribution in [0.25, 0.3) is 5.95 Å². The summed E-state index contributed by atoms with van der Waals surface area (Å²) in [6.07, 6.45) is 3.22. The van der Waals surface area contributed by atoms with E-state index in [2.05, 4.69) is 15.4 Å². The van der Waals surface area contributed by atoms with Crippen LogP contribution in [-0.2, 0) is 28.8 Å². The number of ether oxygens (including phenoxy) is 1. The molecule has 1 amide bonds. The molecule has 1 aliphatic carbocycles. The van der Waals surface area contributed by atoms with Crippen molar-refractivity contribution in [1.82, 2.24) is 19.3 Å². The molecular formula is C24H29N5O4S. The van der Waals surface area contributed by atoms with Gasteiger partial charge in [0.25, 0.3) is 5.56 Å². The average molecular weight is 484 g/mol. The molecule has 0 bridgehead atoms. The molecule has 34 heavy (non-hydrogen) atoms. The van der Waals surface area contributed by atoms with Gasteiger partial charge in [-0.05, 0) is 65.0 Å². The first kappa shape index (κ1) is 23.9. The normalized spacial score (nSPS) is 13.6. The molecule has 1 aliphatic rings. The molecule has 0 aliphatic heterocycles. The first-order valence-corrected chi connectivity index (χ1v) is 12.3. The number of amides is 1. The highest BCUT2D eigenvalue weighted by atomic mass is 32.1. The summed E-state index contributed by atoms with van der Waals surface area (Å²) >= 11 is 1.41. The fourth-order valence-corrected chi connectivity index (χ4v) is 5.58. The minimum Gasteiger partial charge on any atom is -0.462 e. The van der Waals surface area contributed by atoms with E-state index in [0.717, 1.165) is 41.1 Å². The van der Waals surface area contributed by atoms with Crippen molar-refractivity contribution in [3.8, 4) is 5.95 Å². The second kappa shape index (κ2) is 9.54. The van der Waals surface area contributed by atoms with Crippen molar-refractivity contribution in [1.29, 1.82) is 0 Å². The Morgan fingerprint density at radius 3 is 2.65 bits per heavy atom. The van der Waals surface area contributed by atoms with Gasteiger partial charge in [0.15, 0.2) is 0 Å². The van der Waals surface area contributed by atoms with Crippen LogP contribution in [-0.4, -0.2) is 37.8 Å². The fraction of sp³-hybridized carbons (Fsp3) is 0.458. The number of carbonyl (C=O) groups excluding carboxylic acids is 2. The molecule has 3 aromatic heterocycles. The second-order valence-electron chi connectivity index (χ2n) is 8.40. The Morgan fingerprint density at radius 2 is 2.00 bits per heavy atom. The highest BCUT2D eigenvalue weighted by Crippen LogP contribution is 2.39. The van der Waals surface area contributed by atoms with Gasteiger partial charge in [0.05, 0.1) is 17.9 Å². The minimum absolute atomic E-state index is 0.254. The van der Waals surface area contributed by atoms with Crippen LogP contribution in [0, 0.1) is 13.8 Å². The third kappa shape index (κ3) is 4.29. The van der Waals surface area contributed by atoms with Crippen molar-refractivity contribution in [3.63, 3.8) is 0 Å². The molecule has 1 atom stereocenters. The van der Waals surface area contributed by atoms with Gasteiger partial charge >= 0.3 is 5.97 Å². The monoisotopic (exact) mass is 483 g/mol. The van der Waals surface area contributed by atoms with E-state index in [0.29, 0.717) is 22.7 Å². The largest absolute Gasteiger partial charge is 0.462 e. The van der Waals surface area contributed by atoms with Crippen LogP contribution < -0.4 is 10.9 Å². The van der Waals surface area contributed by atoms with E-state index in [1.165, 1.54) is 22.0 Å². The van der Waals surface area contributed by atoms with Crippen LogP contribution >= 0.6 is 11.3 Å². The summed E-state index contributed by atoms with van der Waals surface area (Å²) in [7, 11) is 0. The molecule has 9 nitrogen and oxygen atoms in total. The van der Waals surface area contributed by atoms with Gasteiger partial charge in [0.1, 0.15) is 11.0 Å². The number of hydrogen-bond acceptors (Lipinski definition) is 7. The highest BCUT2D eigenvalue weighted by molar-refractivity contribution is 7.17. The van der Waals surface area contributed by atoms with Gasteiger partial charge in [-0.2, -0.15) is 5.10 Å². The summed E-state index contributed by atoms with van der Waals surface area (Å²) < 4.78 is 8.19. The van der Waals surface area contributed by atoms with Gasteiger partial charge in [0.2, 0.25) is 11.9 Å². The number of nitrogens with one attached hydrogen (secondary N) is 1. The van der Waals surface area contributed by atoms with Gasteiger partial charge in [0, 0.05) is 22.3 Å². The zero-order valence-corrected chi connectivity index (χ0v) is 20.9. The molecule has 0 saturated carbocycles. The van der Waals surface area contributed by atoms with E-state index in [4.69, 9.17) is 4.74 Å². The predicted octanol–water partition coefficient (Wildman–Crippen LogP) is 3.53. The molecule has 0 aromatic carbocycles. The van der Waals surface area contributed by atoms with Crippen molar-refractivity contribution in [3.05, 3.63) is 55.6 Å². The predicted molar refractivity (Wildman–Crippen MR) is 130 cm³/mol. The first-order chi connectivity index (χ1) is 16.2. The van der Waals surface area contributed by atoms with Crippen LogP contribution in [0.4, 0.5) is 5.00 Å². The first-order valence-electron chi connectivity index (χ1n) is 11.5. The lowest BCUT2D eigenvalue weighted by atomic mass is 10.1. The average Bonchev–Trinajstić information content (AvgIpc) is 3.46. The molecule has 0 saturated heterocycles. The number of esters is 1. The lowest BCUT2D eigenvalue weighted by Crippen LogP contribution is -2.35. The van der Waals surface area contributed by atoms with E-state index in [1.807, 2.05) is 26.8 Å². The molecular weight excluding hydrogens is 454 g/mol. The van der Waals surface area contributed by atoms with Crippen LogP contribution in [0.2, 0.25) is 0 Å². The van der Waals surface area contributed by atoms with Crippen LogP contribution in [0.1, 0.15) is 71.1 Å². The molecule has 3 heterocycles. The summed E-state index contributed by atoms with van der Waals surface area (Å²) in [6, 6.07) is 2.44. The number of thiophene rings is 1. The number of aryl methyl sites for hydroxylation is 4. The summed E-state index contributed by atoms with van der Waals surface area (Å²) in [5.74, 6) is -0.558. The second-order valence-corrected chi connectivity index (χ2v) is 9.50. The van der Waals surface area contributed by atoms with Crippen LogP contribution in [0.3, 0.4) is 0 Å². The van der Waals surface area contributed by atoms with E-state index in [-0.39, 0.29) is 18.1 Å². The Morgan fingerprint density at radius 1 is 1.24 bits per heavy atom. The molecule has 0 fully saturated rings. The number of rotatable bonds is 7. The zero-order valence-electron chi connectivity index (χ0n) is 20.1. The molecule has 1 unspecified atom stereocenters. The molecule has 180 valence electrons. The third-order valence-corrected chi connectivity index (χ3v) is 7.16. The van der Waals surface area contributed by atoms with E-state index in [1.54, 1.807) is 18.5 Å². The van der Waals surface area contributed by atoms with E-state index < -0.39 is 17.9 Å².